The second kappa shape index (κ2) is 5.63. The lowest BCUT2D eigenvalue weighted by Gasteiger charge is -2.02. The minimum atomic E-state index is -0.0451. The molecule has 0 aliphatic heterocycles. The summed E-state index contributed by atoms with van der Waals surface area (Å²) in [5.74, 6) is 0.616. The molecule has 0 aromatic carbocycles. The van der Waals surface area contributed by atoms with Crippen LogP contribution >= 0.6 is 11.3 Å². The van der Waals surface area contributed by atoms with E-state index in [0.717, 1.165) is 28.6 Å². The number of nitrogens with one attached hydrogen (secondary N) is 1. The van der Waals surface area contributed by atoms with Gasteiger partial charge in [0, 0.05) is 11.5 Å². The van der Waals surface area contributed by atoms with Crippen LogP contribution in [0, 0.1) is 6.92 Å². The van der Waals surface area contributed by atoms with Crippen molar-refractivity contribution in [2.45, 2.75) is 40.2 Å². The molecule has 0 atom stereocenters. The molecule has 98 valence electrons. The summed E-state index contributed by atoms with van der Waals surface area (Å²) in [6.45, 7) is 7.21. The lowest BCUT2D eigenvalue weighted by Crippen LogP contribution is -2.13. The Hall–Kier alpha value is -1.20. The number of hydrogen-bond donors (Lipinski definition) is 1. The van der Waals surface area contributed by atoms with Gasteiger partial charge in [0.15, 0.2) is 0 Å². The molecule has 0 fully saturated rings. The van der Waals surface area contributed by atoms with Crippen LogP contribution in [0.4, 0.5) is 0 Å². The normalized spacial score (nSPS) is 11.3. The first-order valence-electron chi connectivity index (χ1n) is 6.26. The maximum absolute atomic E-state index is 12.1. The first-order valence-corrected chi connectivity index (χ1v) is 7.07. The van der Waals surface area contributed by atoms with Crippen molar-refractivity contribution in [1.82, 2.24) is 9.97 Å². The van der Waals surface area contributed by atoms with Crippen LogP contribution in [0.2, 0.25) is 0 Å². The van der Waals surface area contributed by atoms with E-state index in [4.69, 9.17) is 4.74 Å². The number of fused-ring (bicyclic) bond motifs is 1. The van der Waals surface area contributed by atoms with Crippen molar-refractivity contribution in [3.63, 3.8) is 0 Å². The SMILES string of the molecule is CCCOCc1nc2sc(C)c(CC)c2c(=O)[nH]1. The molecule has 1 N–H and O–H groups in total. The minimum Gasteiger partial charge on any atom is -0.374 e. The van der Waals surface area contributed by atoms with E-state index in [-0.39, 0.29) is 5.56 Å². The van der Waals surface area contributed by atoms with E-state index >= 15 is 0 Å². The quantitative estimate of drug-likeness (QED) is 0.847. The molecule has 0 aliphatic rings. The van der Waals surface area contributed by atoms with E-state index in [1.165, 1.54) is 4.88 Å². The van der Waals surface area contributed by atoms with Gasteiger partial charge < -0.3 is 9.72 Å². The van der Waals surface area contributed by atoms with Crippen LogP contribution in [0.1, 0.15) is 36.5 Å². The highest BCUT2D eigenvalue weighted by Gasteiger charge is 2.13. The third kappa shape index (κ3) is 2.47. The van der Waals surface area contributed by atoms with Crippen molar-refractivity contribution in [2.24, 2.45) is 0 Å². The van der Waals surface area contributed by atoms with Crippen molar-refractivity contribution in [1.29, 1.82) is 0 Å². The monoisotopic (exact) mass is 266 g/mol. The number of H-pyrrole nitrogens is 1. The van der Waals surface area contributed by atoms with Crippen LogP contribution in [-0.2, 0) is 17.8 Å². The van der Waals surface area contributed by atoms with Crippen LogP contribution in [0.5, 0.6) is 0 Å². The summed E-state index contributed by atoms with van der Waals surface area (Å²) in [6, 6.07) is 0. The van der Waals surface area contributed by atoms with Gasteiger partial charge in [-0.05, 0) is 25.3 Å². The fraction of sp³-hybridized carbons (Fsp3) is 0.538. The molecule has 2 aromatic rings. The lowest BCUT2D eigenvalue weighted by atomic mass is 10.1. The second-order valence-corrected chi connectivity index (χ2v) is 5.44. The molecular weight excluding hydrogens is 248 g/mol. The van der Waals surface area contributed by atoms with Gasteiger partial charge in [-0.2, -0.15) is 0 Å². The summed E-state index contributed by atoms with van der Waals surface area (Å²) in [6.07, 6.45) is 1.83. The van der Waals surface area contributed by atoms with Crippen LogP contribution in [0.3, 0.4) is 0 Å². The average molecular weight is 266 g/mol. The van der Waals surface area contributed by atoms with Gasteiger partial charge in [-0.15, -0.1) is 11.3 Å². The van der Waals surface area contributed by atoms with Gasteiger partial charge in [-0.1, -0.05) is 13.8 Å². The molecule has 2 aromatic heterocycles. The van der Waals surface area contributed by atoms with Crippen LogP contribution < -0.4 is 5.56 Å². The Morgan fingerprint density at radius 2 is 2.17 bits per heavy atom. The van der Waals surface area contributed by atoms with Crippen molar-refractivity contribution < 1.29 is 4.74 Å². The minimum absolute atomic E-state index is 0.0451. The number of aromatic amines is 1. The Balaban J connectivity index is 2.41. The maximum atomic E-state index is 12.1. The smallest absolute Gasteiger partial charge is 0.260 e. The average Bonchev–Trinajstić information content (AvgIpc) is 2.65. The summed E-state index contributed by atoms with van der Waals surface area (Å²) in [4.78, 5) is 21.4. The molecule has 0 amide bonds. The molecule has 18 heavy (non-hydrogen) atoms. The molecule has 0 unspecified atom stereocenters. The Bertz CT molecular complexity index is 601. The highest BCUT2D eigenvalue weighted by Crippen LogP contribution is 2.27. The second-order valence-electron chi connectivity index (χ2n) is 4.24. The van der Waals surface area contributed by atoms with Crippen molar-refractivity contribution in [3.05, 3.63) is 26.6 Å². The van der Waals surface area contributed by atoms with Crippen molar-refractivity contribution in [3.8, 4) is 0 Å². The molecule has 0 saturated carbocycles. The van der Waals surface area contributed by atoms with Gasteiger partial charge >= 0.3 is 0 Å². The van der Waals surface area contributed by atoms with E-state index < -0.39 is 0 Å². The third-order valence-electron chi connectivity index (χ3n) is 2.85. The van der Waals surface area contributed by atoms with Crippen LogP contribution in [0.25, 0.3) is 10.2 Å². The number of aryl methyl sites for hydroxylation is 2. The highest BCUT2D eigenvalue weighted by molar-refractivity contribution is 7.18. The molecule has 5 heteroatoms. The molecular formula is C13H18N2O2S. The van der Waals surface area contributed by atoms with Gasteiger partial charge in [0.25, 0.3) is 5.56 Å². The predicted molar refractivity (Wildman–Crippen MR) is 74.3 cm³/mol. The number of rotatable bonds is 5. The Kier molecular flexibility index (Phi) is 4.14. The molecule has 0 saturated heterocycles. The first kappa shape index (κ1) is 13.2. The molecule has 2 rings (SSSR count). The number of aromatic nitrogens is 2. The zero-order chi connectivity index (χ0) is 13.1. The fourth-order valence-electron chi connectivity index (χ4n) is 2.03. The van der Waals surface area contributed by atoms with Gasteiger partial charge in [0.05, 0.1) is 5.39 Å². The summed E-state index contributed by atoms with van der Waals surface area (Å²) in [5, 5.41) is 0.749. The van der Waals surface area contributed by atoms with Gasteiger partial charge in [-0.25, -0.2) is 4.98 Å². The number of ether oxygens (including phenoxy) is 1. The first-order chi connectivity index (χ1) is 8.67. The van der Waals surface area contributed by atoms with Crippen molar-refractivity contribution in [2.75, 3.05) is 6.61 Å². The molecule has 4 nitrogen and oxygen atoms in total. The van der Waals surface area contributed by atoms with Gasteiger partial charge in [0.1, 0.15) is 17.3 Å². The van der Waals surface area contributed by atoms with E-state index in [1.807, 2.05) is 6.92 Å². The summed E-state index contributed by atoms with van der Waals surface area (Å²) in [5.41, 5.74) is 1.07. The van der Waals surface area contributed by atoms with E-state index in [1.54, 1.807) is 11.3 Å². The van der Waals surface area contributed by atoms with Crippen molar-refractivity contribution >= 4 is 21.6 Å². The molecule has 0 radical (unpaired) electrons. The Morgan fingerprint density at radius 3 is 2.83 bits per heavy atom. The largest absolute Gasteiger partial charge is 0.374 e. The fourth-order valence-corrected chi connectivity index (χ4v) is 3.16. The highest BCUT2D eigenvalue weighted by atomic mass is 32.1. The lowest BCUT2D eigenvalue weighted by molar-refractivity contribution is 0.116. The summed E-state index contributed by atoms with van der Waals surface area (Å²) >= 11 is 1.58. The van der Waals surface area contributed by atoms with E-state index in [2.05, 4.69) is 23.8 Å². The van der Waals surface area contributed by atoms with E-state index in [9.17, 15) is 4.79 Å². The van der Waals surface area contributed by atoms with Crippen LogP contribution in [-0.4, -0.2) is 16.6 Å². The standard InChI is InChI=1S/C13H18N2O2S/c1-4-6-17-7-10-14-12(16)11-9(5-2)8(3)18-13(11)15-10/h4-7H2,1-3H3,(H,14,15,16). The summed E-state index contributed by atoms with van der Waals surface area (Å²) in [7, 11) is 0. The Morgan fingerprint density at radius 1 is 1.39 bits per heavy atom. The number of nitrogens with zero attached hydrogens (tertiary/aromatic N) is 1. The molecule has 0 bridgehead atoms. The maximum Gasteiger partial charge on any atom is 0.260 e. The topological polar surface area (TPSA) is 55.0 Å². The van der Waals surface area contributed by atoms with Gasteiger partial charge in [-0.3, -0.25) is 4.79 Å². The number of thiophene rings is 1. The molecule has 0 aliphatic carbocycles. The molecule has 0 spiro atoms. The predicted octanol–water partition coefficient (Wildman–Crippen LogP) is 2.78. The van der Waals surface area contributed by atoms with E-state index in [0.29, 0.717) is 19.0 Å². The van der Waals surface area contributed by atoms with Crippen LogP contribution in [0.15, 0.2) is 4.79 Å². The number of hydrogen-bond acceptors (Lipinski definition) is 4. The van der Waals surface area contributed by atoms with Gasteiger partial charge in [0.2, 0.25) is 0 Å². The zero-order valence-electron chi connectivity index (χ0n) is 11.0. The molecule has 2 heterocycles. The third-order valence-corrected chi connectivity index (χ3v) is 3.89. The summed E-state index contributed by atoms with van der Waals surface area (Å²) < 4.78 is 5.41. The Labute approximate surface area is 110 Å². The zero-order valence-corrected chi connectivity index (χ0v) is 11.8.